The number of hydrogen-bond donors (Lipinski definition) is 2. The number of benzene rings is 1. The maximum Gasteiger partial charge on any atom is 0.407 e. The average Bonchev–Trinajstić information content (AvgIpc) is 2.69. The van der Waals surface area contributed by atoms with Crippen LogP contribution in [0.5, 0.6) is 0 Å². The Morgan fingerprint density at radius 1 is 1.19 bits per heavy atom. The van der Waals surface area contributed by atoms with E-state index >= 15 is 0 Å². The molecule has 26 heavy (non-hydrogen) atoms. The van der Waals surface area contributed by atoms with Crippen LogP contribution in [0.15, 0.2) is 42.5 Å². The molecule has 6 heteroatoms. The van der Waals surface area contributed by atoms with E-state index in [1.54, 1.807) is 7.05 Å². The standard InChI is InChI=1S/C20H29N3O3/c1-21-19(24)18-12-7-6-9-16(18)15-26-20(25)22-13-8-14-23(2)17-10-4-3-5-11-17/h3-7,10-11,16,18H,8-9,12-15H2,1-2H3,(H,21,24)(H,22,25). The third kappa shape index (κ3) is 6.10. The third-order valence-electron chi connectivity index (χ3n) is 4.71. The summed E-state index contributed by atoms with van der Waals surface area (Å²) in [6, 6.07) is 10.1. The van der Waals surface area contributed by atoms with Crippen molar-refractivity contribution in [2.24, 2.45) is 11.8 Å². The molecule has 1 aromatic rings. The van der Waals surface area contributed by atoms with Crippen LogP contribution in [0.1, 0.15) is 19.3 Å². The van der Waals surface area contributed by atoms with E-state index in [1.165, 1.54) is 0 Å². The first-order valence-electron chi connectivity index (χ1n) is 9.15. The zero-order chi connectivity index (χ0) is 18.8. The fraction of sp³-hybridized carbons (Fsp3) is 0.500. The topological polar surface area (TPSA) is 70.7 Å². The summed E-state index contributed by atoms with van der Waals surface area (Å²) in [5, 5.41) is 5.47. The van der Waals surface area contributed by atoms with Crippen molar-refractivity contribution in [2.75, 3.05) is 38.7 Å². The van der Waals surface area contributed by atoms with E-state index in [0.29, 0.717) is 13.0 Å². The maximum atomic E-state index is 11.9. The first kappa shape index (κ1) is 19.8. The highest BCUT2D eigenvalue weighted by atomic mass is 16.5. The highest BCUT2D eigenvalue weighted by Gasteiger charge is 2.29. The minimum Gasteiger partial charge on any atom is -0.449 e. The molecule has 1 aliphatic carbocycles. The number of carbonyl (C=O) groups excluding carboxylic acids is 2. The van der Waals surface area contributed by atoms with Crippen LogP contribution in [0, 0.1) is 11.8 Å². The zero-order valence-corrected chi connectivity index (χ0v) is 15.6. The van der Waals surface area contributed by atoms with Gasteiger partial charge in [-0.1, -0.05) is 30.4 Å². The largest absolute Gasteiger partial charge is 0.449 e. The number of anilines is 1. The Labute approximate surface area is 155 Å². The molecule has 2 N–H and O–H groups in total. The highest BCUT2D eigenvalue weighted by molar-refractivity contribution is 5.79. The SMILES string of the molecule is CNC(=O)C1CC=CCC1COC(=O)NCCCN(C)c1ccccc1. The van der Waals surface area contributed by atoms with Crippen molar-refractivity contribution in [3.63, 3.8) is 0 Å². The molecule has 6 nitrogen and oxygen atoms in total. The molecule has 0 spiro atoms. The molecule has 0 fully saturated rings. The molecule has 0 aliphatic heterocycles. The normalized spacial score (nSPS) is 18.8. The molecule has 1 aliphatic rings. The predicted molar refractivity (Wildman–Crippen MR) is 103 cm³/mol. The van der Waals surface area contributed by atoms with Crippen LogP contribution in [0.2, 0.25) is 0 Å². The van der Waals surface area contributed by atoms with Crippen LogP contribution in [-0.4, -0.2) is 45.8 Å². The van der Waals surface area contributed by atoms with Gasteiger partial charge in [-0.15, -0.1) is 0 Å². The van der Waals surface area contributed by atoms with Crippen molar-refractivity contribution >= 4 is 17.7 Å². The number of nitrogens with zero attached hydrogens (tertiary/aromatic N) is 1. The lowest BCUT2D eigenvalue weighted by molar-refractivity contribution is -0.126. The van der Waals surface area contributed by atoms with Gasteiger partial charge in [-0.3, -0.25) is 4.79 Å². The van der Waals surface area contributed by atoms with Gasteiger partial charge in [-0.05, 0) is 31.4 Å². The highest BCUT2D eigenvalue weighted by Crippen LogP contribution is 2.26. The van der Waals surface area contributed by atoms with Crippen molar-refractivity contribution < 1.29 is 14.3 Å². The molecule has 0 heterocycles. The van der Waals surface area contributed by atoms with E-state index < -0.39 is 6.09 Å². The van der Waals surface area contributed by atoms with Crippen LogP contribution in [0.3, 0.4) is 0 Å². The second kappa shape index (κ2) is 10.5. The fourth-order valence-electron chi connectivity index (χ4n) is 3.11. The number of para-hydroxylation sites is 1. The Hall–Kier alpha value is -2.50. The Morgan fingerprint density at radius 2 is 1.92 bits per heavy atom. The van der Waals surface area contributed by atoms with Crippen molar-refractivity contribution in [1.82, 2.24) is 10.6 Å². The second-order valence-corrected chi connectivity index (χ2v) is 6.56. The lowest BCUT2D eigenvalue weighted by atomic mass is 9.83. The summed E-state index contributed by atoms with van der Waals surface area (Å²) in [4.78, 5) is 25.9. The van der Waals surface area contributed by atoms with Crippen LogP contribution in [-0.2, 0) is 9.53 Å². The van der Waals surface area contributed by atoms with E-state index in [1.807, 2.05) is 37.4 Å². The van der Waals surface area contributed by atoms with Gasteiger partial charge in [-0.2, -0.15) is 0 Å². The molecule has 0 saturated carbocycles. The molecule has 2 atom stereocenters. The number of rotatable bonds is 8. The summed E-state index contributed by atoms with van der Waals surface area (Å²) in [6.07, 6.45) is 5.92. The Morgan fingerprint density at radius 3 is 2.65 bits per heavy atom. The number of carbonyl (C=O) groups is 2. The smallest absolute Gasteiger partial charge is 0.407 e. The number of allylic oxidation sites excluding steroid dienone is 2. The minimum atomic E-state index is -0.419. The summed E-state index contributed by atoms with van der Waals surface area (Å²) in [5.74, 6) is -0.0838. The second-order valence-electron chi connectivity index (χ2n) is 6.56. The quantitative estimate of drug-likeness (QED) is 0.553. The number of amides is 2. The van der Waals surface area contributed by atoms with Crippen LogP contribution in [0.4, 0.5) is 10.5 Å². The average molecular weight is 359 g/mol. The molecule has 0 bridgehead atoms. The van der Waals surface area contributed by atoms with Gasteiger partial charge in [0, 0.05) is 44.7 Å². The number of alkyl carbamates (subject to hydrolysis) is 1. The van der Waals surface area contributed by atoms with Gasteiger partial charge < -0.3 is 20.3 Å². The van der Waals surface area contributed by atoms with Gasteiger partial charge in [0.15, 0.2) is 0 Å². The number of nitrogens with one attached hydrogen (secondary N) is 2. The molecule has 0 aromatic heterocycles. The summed E-state index contributed by atoms with van der Waals surface area (Å²) in [6.45, 7) is 1.66. The van der Waals surface area contributed by atoms with Gasteiger partial charge in [0.2, 0.25) is 5.91 Å². The fourth-order valence-corrected chi connectivity index (χ4v) is 3.11. The summed E-state index contributed by atoms with van der Waals surface area (Å²) in [7, 11) is 3.67. The summed E-state index contributed by atoms with van der Waals surface area (Å²) >= 11 is 0. The Balaban J connectivity index is 1.64. The molecular weight excluding hydrogens is 330 g/mol. The molecule has 0 saturated heterocycles. The van der Waals surface area contributed by atoms with Crippen molar-refractivity contribution in [3.8, 4) is 0 Å². The van der Waals surface area contributed by atoms with E-state index in [4.69, 9.17) is 4.74 Å². The maximum absolute atomic E-state index is 11.9. The molecule has 0 radical (unpaired) electrons. The van der Waals surface area contributed by atoms with Gasteiger partial charge in [0.1, 0.15) is 0 Å². The molecule has 142 valence electrons. The zero-order valence-electron chi connectivity index (χ0n) is 15.6. The Kier molecular flexibility index (Phi) is 7.99. The number of ether oxygens (including phenoxy) is 1. The summed E-state index contributed by atoms with van der Waals surface area (Å²) in [5.41, 5.74) is 1.15. The third-order valence-corrected chi connectivity index (χ3v) is 4.71. The van der Waals surface area contributed by atoms with Gasteiger partial charge in [0.05, 0.1) is 6.61 Å². The molecule has 2 amide bonds. The predicted octanol–water partition coefficient (Wildman–Crippen LogP) is 2.57. The lowest BCUT2D eigenvalue weighted by Crippen LogP contribution is -2.37. The van der Waals surface area contributed by atoms with Crippen molar-refractivity contribution in [2.45, 2.75) is 19.3 Å². The van der Waals surface area contributed by atoms with Crippen molar-refractivity contribution in [1.29, 1.82) is 0 Å². The van der Waals surface area contributed by atoms with Crippen LogP contribution < -0.4 is 15.5 Å². The summed E-state index contributed by atoms with van der Waals surface area (Å²) < 4.78 is 5.32. The van der Waals surface area contributed by atoms with Crippen LogP contribution in [0.25, 0.3) is 0 Å². The van der Waals surface area contributed by atoms with E-state index in [2.05, 4.69) is 27.7 Å². The monoisotopic (exact) mass is 359 g/mol. The Bertz CT molecular complexity index is 604. The first-order chi connectivity index (χ1) is 12.6. The van der Waals surface area contributed by atoms with E-state index in [9.17, 15) is 9.59 Å². The van der Waals surface area contributed by atoms with Crippen molar-refractivity contribution in [3.05, 3.63) is 42.5 Å². The molecule has 2 unspecified atom stereocenters. The van der Waals surface area contributed by atoms with Gasteiger partial charge in [0.25, 0.3) is 0 Å². The first-order valence-corrected chi connectivity index (χ1v) is 9.15. The van der Waals surface area contributed by atoms with E-state index in [0.717, 1.165) is 25.1 Å². The molecule has 2 rings (SSSR count). The van der Waals surface area contributed by atoms with Crippen LogP contribution >= 0.6 is 0 Å². The lowest BCUT2D eigenvalue weighted by Gasteiger charge is -2.26. The minimum absolute atomic E-state index is 0.00677. The molecular formula is C20H29N3O3. The van der Waals surface area contributed by atoms with Gasteiger partial charge in [-0.25, -0.2) is 4.79 Å². The van der Waals surface area contributed by atoms with E-state index in [-0.39, 0.29) is 24.3 Å². The molecule has 1 aromatic carbocycles. The number of hydrogen-bond acceptors (Lipinski definition) is 4. The van der Waals surface area contributed by atoms with Gasteiger partial charge >= 0.3 is 6.09 Å².